The number of benzene rings is 6. The Labute approximate surface area is 583 Å². The highest BCUT2D eigenvalue weighted by atomic mass is 32.1. The quantitative estimate of drug-likeness (QED) is 0.0686. The molecule has 22 nitrogen and oxygen atoms in total. The van der Waals surface area contributed by atoms with Crippen molar-refractivity contribution in [1.29, 1.82) is 0 Å². The molecule has 3 aliphatic heterocycles. The Morgan fingerprint density at radius 2 is 0.833 bits per heavy atom. The maximum absolute atomic E-state index is 13.2. The number of alkyl halides is 6. The van der Waals surface area contributed by atoms with Gasteiger partial charge in [0.25, 0.3) is 5.95 Å². The van der Waals surface area contributed by atoms with Crippen LogP contribution in [0.5, 0.6) is 17.2 Å². The van der Waals surface area contributed by atoms with Crippen molar-refractivity contribution in [1.82, 2.24) is 64.1 Å². The van der Waals surface area contributed by atoms with Crippen LogP contribution < -0.4 is 19.1 Å². The molecule has 0 radical (unpaired) electrons. The second-order valence-corrected chi connectivity index (χ2v) is 25.0. The molecule has 6 aromatic carbocycles. The molecule has 522 valence electrons. The van der Waals surface area contributed by atoms with E-state index in [9.17, 15) is 40.7 Å². The fraction of sp³-hybridized carbons (Fsp3) is 0.233. The lowest BCUT2D eigenvalue weighted by molar-refractivity contribution is -0.133. The van der Waals surface area contributed by atoms with Gasteiger partial charge in [-0.3, -0.25) is 28.4 Å². The highest BCUT2D eigenvalue weighted by Crippen LogP contribution is 2.34. The van der Waals surface area contributed by atoms with Gasteiger partial charge in [0.2, 0.25) is 23.6 Å². The molecule has 0 aliphatic carbocycles. The third-order valence-corrected chi connectivity index (χ3v) is 17.8. The summed E-state index contributed by atoms with van der Waals surface area (Å²) in [4.78, 5) is 60.8. The number of halogens is 6. The summed E-state index contributed by atoms with van der Waals surface area (Å²) in [7, 11) is 0. The van der Waals surface area contributed by atoms with E-state index in [2.05, 4.69) is 49.6 Å². The van der Waals surface area contributed by atoms with Gasteiger partial charge < -0.3 is 42.8 Å². The number of piperazine rings is 1. The zero-order valence-corrected chi connectivity index (χ0v) is 55.9. The molecule has 1 saturated heterocycles. The number of rotatable bonds is 19. The Morgan fingerprint density at radius 1 is 0.441 bits per heavy atom. The van der Waals surface area contributed by atoms with Crippen molar-refractivity contribution in [2.24, 2.45) is 0 Å². The summed E-state index contributed by atoms with van der Waals surface area (Å²) in [5, 5.41) is 19.0. The molecule has 29 heteroatoms. The van der Waals surface area contributed by atoms with Crippen molar-refractivity contribution in [3.05, 3.63) is 221 Å². The van der Waals surface area contributed by atoms with Gasteiger partial charge in [-0.15, -0.1) is 11.3 Å². The summed E-state index contributed by atoms with van der Waals surface area (Å²) >= 11 is 1.63. The lowest BCUT2D eigenvalue weighted by atomic mass is 10.1. The molecule has 3 aliphatic rings. The van der Waals surface area contributed by atoms with Crippen LogP contribution in [0.4, 0.5) is 32.3 Å². The smallest absolute Gasteiger partial charge is 0.387 e. The first-order valence-corrected chi connectivity index (χ1v) is 33.0. The van der Waals surface area contributed by atoms with E-state index in [4.69, 9.17) is 8.94 Å². The molecule has 102 heavy (non-hydrogen) atoms. The average molecular weight is 1410 g/mol. The fourth-order valence-corrected chi connectivity index (χ4v) is 12.9. The van der Waals surface area contributed by atoms with Crippen molar-refractivity contribution in [2.45, 2.75) is 86.4 Å². The van der Waals surface area contributed by atoms with E-state index in [1.54, 1.807) is 90.3 Å². The summed E-state index contributed by atoms with van der Waals surface area (Å²) in [6.07, 6.45) is 0. The van der Waals surface area contributed by atoms with Gasteiger partial charge in [0.1, 0.15) is 48.3 Å². The molecule has 6 aromatic heterocycles. The van der Waals surface area contributed by atoms with Gasteiger partial charge in [0, 0.05) is 61.6 Å². The second-order valence-electron chi connectivity index (χ2n) is 23.7. The molecular formula is C73H64F6N14O8S. The van der Waals surface area contributed by atoms with Crippen molar-refractivity contribution in [3.63, 3.8) is 0 Å². The molecule has 0 unspecified atom stereocenters. The SMILES string of the molecule is Cc1nc(N2CCN(C(=O)Cn3nc(-c4ccc(OC(F)F)cc4)cc3-c3ccccc3)CC2)no1.Cc1nc2c(o1)CN(C(=O)Cn1nc(-c3ccc(OC(F)F)cc3)cc1-c1ccccc1)C2.Cc1nc2c(s1)CN(C(=O)Cn1nc(-c3ccc(OC(F)F)cc3)cc1-c1ccccc1)C2. The average Bonchev–Trinajstić information content (AvgIpc) is 1.66. The van der Waals surface area contributed by atoms with Gasteiger partial charge in [-0.05, 0) is 120 Å². The van der Waals surface area contributed by atoms with E-state index in [-0.39, 0.29) is 54.6 Å². The summed E-state index contributed by atoms with van der Waals surface area (Å²) in [6, 6.07) is 53.5. The lowest BCUT2D eigenvalue weighted by Gasteiger charge is -2.34. The van der Waals surface area contributed by atoms with Crippen molar-refractivity contribution in [2.75, 3.05) is 31.1 Å². The first kappa shape index (κ1) is 68.6. The molecule has 3 amide bonds. The zero-order valence-electron chi connectivity index (χ0n) is 55.0. The fourth-order valence-electron chi connectivity index (χ4n) is 11.9. The molecule has 15 rings (SSSR count). The monoisotopic (exact) mass is 1410 g/mol. The molecule has 0 saturated carbocycles. The molecule has 0 bridgehead atoms. The van der Waals surface area contributed by atoms with Crippen molar-refractivity contribution >= 4 is 35.0 Å². The third-order valence-electron chi connectivity index (χ3n) is 16.8. The molecule has 9 heterocycles. The van der Waals surface area contributed by atoms with Crippen LogP contribution in [0.25, 0.3) is 67.5 Å². The van der Waals surface area contributed by atoms with E-state index >= 15 is 0 Å². The molecule has 1 fully saturated rings. The molecule has 12 aromatic rings. The van der Waals surface area contributed by atoms with Gasteiger partial charge in [-0.25, -0.2) is 9.97 Å². The van der Waals surface area contributed by atoms with E-state index < -0.39 is 19.8 Å². The van der Waals surface area contributed by atoms with Gasteiger partial charge in [-0.2, -0.15) is 46.6 Å². The summed E-state index contributed by atoms with van der Waals surface area (Å²) in [5.74, 6) is 2.39. The maximum atomic E-state index is 13.2. The number of thiazole rings is 1. The standard InChI is InChI=1S/C25H24F2N6O3.C24H20F2N4O3.C24H20F2N4O2S/c1-17-28-25(30-36-17)32-13-11-31(12-14-32)23(34)16-33-22(19-5-3-2-4-6-19)15-21(29-33)18-7-9-20(10-8-18)35-24(26)27;1-15-27-20-12-29(13-22(20)32-15)23(31)14-30-21(17-5-3-2-4-6-17)11-19(28-30)16-7-9-18(10-8-16)33-24(25)26;1-15-27-20-12-29(13-22(20)33-15)23(31)14-30-21(17-5-3-2-4-6-17)11-19(28-30)16-7-9-18(10-8-16)32-24(25)26/h2-10,15,24H,11-14,16H2,1H3;2*2-11,24H,12-14H2,1H3. The number of oxazole rings is 1. The first-order chi connectivity index (χ1) is 49.4. The number of carbonyl (C=O) groups excluding carboxylic acids is 3. The van der Waals surface area contributed by atoms with E-state index in [1.165, 1.54) is 36.4 Å². The van der Waals surface area contributed by atoms with Crippen LogP contribution in [-0.4, -0.2) is 128 Å². The van der Waals surface area contributed by atoms with Gasteiger partial charge in [0.05, 0.1) is 71.0 Å². The minimum Gasteiger partial charge on any atom is -0.444 e. The zero-order chi connectivity index (χ0) is 71.0. The summed E-state index contributed by atoms with van der Waals surface area (Å²) in [5.41, 5.74) is 11.0. The van der Waals surface area contributed by atoms with Gasteiger partial charge in [0.15, 0.2) is 5.89 Å². The summed E-state index contributed by atoms with van der Waals surface area (Å²) < 4.78 is 104. The van der Waals surface area contributed by atoms with Gasteiger partial charge in [-0.1, -0.05) is 91.0 Å². The van der Waals surface area contributed by atoms with Crippen LogP contribution in [0.15, 0.2) is 191 Å². The highest BCUT2D eigenvalue weighted by Gasteiger charge is 2.31. The largest absolute Gasteiger partial charge is 0.444 e. The van der Waals surface area contributed by atoms with Crippen LogP contribution in [0.1, 0.15) is 38.8 Å². The molecule has 0 spiro atoms. The number of nitrogens with zero attached hydrogens (tertiary/aromatic N) is 14. The number of ether oxygens (including phenoxy) is 3. The van der Waals surface area contributed by atoms with Gasteiger partial charge >= 0.3 is 19.8 Å². The number of fused-ring (bicyclic) bond motifs is 2. The Balaban J connectivity index is 0.000000137. The number of anilines is 1. The Bertz CT molecular complexity index is 4600. The lowest BCUT2D eigenvalue weighted by Crippen LogP contribution is -2.50. The first-order valence-electron chi connectivity index (χ1n) is 32.2. The van der Waals surface area contributed by atoms with E-state index in [0.717, 1.165) is 77.5 Å². The minimum atomic E-state index is -2.89. The van der Waals surface area contributed by atoms with E-state index in [1.807, 2.05) is 121 Å². The van der Waals surface area contributed by atoms with Crippen LogP contribution >= 0.6 is 11.3 Å². The number of carbonyl (C=O) groups is 3. The number of aryl methyl sites for hydroxylation is 3. The molecule has 0 N–H and O–H groups in total. The predicted molar refractivity (Wildman–Crippen MR) is 364 cm³/mol. The minimum absolute atomic E-state index is 0.0367. The molecular weight excluding hydrogens is 1350 g/mol. The Hall–Kier alpha value is -11.9. The summed E-state index contributed by atoms with van der Waals surface area (Å²) in [6.45, 7) is 1.21. The number of aromatic nitrogens is 10. The molecule has 0 atom stereocenters. The topological polar surface area (TPSA) is 223 Å². The predicted octanol–water partition coefficient (Wildman–Crippen LogP) is 13.6. The van der Waals surface area contributed by atoms with Crippen LogP contribution in [-0.2, 0) is 60.2 Å². The van der Waals surface area contributed by atoms with Crippen molar-refractivity contribution in [3.8, 4) is 84.8 Å². The van der Waals surface area contributed by atoms with Crippen LogP contribution in [0, 0.1) is 20.8 Å². The Morgan fingerprint density at radius 3 is 1.21 bits per heavy atom. The third kappa shape index (κ3) is 16.5. The van der Waals surface area contributed by atoms with E-state index in [0.29, 0.717) is 87.2 Å². The number of amides is 3. The van der Waals surface area contributed by atoms with Crippen LogP contribution in [0.2, 0.25) is 0 Å². The Kier molecular flexibility index (Phi) is 20.7. The number of hydrogen-bond donors (Lipinski definition) is 0. The highest BCUT2D eigenvalue weighted by molar-refractivity contribution is 7.11. The van der Waals surface area contributed by atoms with Crippen LogP contribution in [0.3, 0.4) is 0 Å². The second kappa shape index (κ2) is 30.7. The number of hydrogen-bond acceptors (Lipinski definition) is 17. The normalized spacial score (nSPS) is 13.3. The maximum Gasteiger partial charge on any atom is 0.387 e. The van der Waals surface area contributed by atoms with Crippen molar-refractivity contribution < 1.29 is 63.9 Å².